The van der Waals surface area contributed by atoms with Crippen LogP contribution in [0.15, 0.2) is 6.07 Å². The lowest BCUT2D eigenvalue weighted by atomic mass is 10.0. The Hall–Kier alpha value is -2.82. The van der Waals surface area contributed by atoms with Crippen LogP contribution < -0.4 is 10.2 Å². The Morgan fingerprint density at radius 3 is 2.56 bits per heavy atom. The van der Waals surface area contributed by atoms with Crippen molar-refractivity contribution in [1.29, 1.82) is 0 Å². The molecule has 8 nitrogen and oxygen atoms in total. The monoisotopic (exact) mass is 508 g/mol. The maximum atomic E-state index is 13.7. The fraction of sp³-hybridized carbons (Fsp3) is 0.640. The average Bonchev–Trinajstić information content (AvgIpc) is 3.27. The number of amides is 2. The minimum Gasteiger partial charge on any atom is -0.381 e. The highest BCUT2D eigenvalue weighted by Gasteiger charge is 2.37. The number of pyridine rings is 1. The predicted octanol–water partition coefficient (Wildman–Crippen LogP) is 4.76. The number of fused-ring (bicyclic) bond motifs is 2. The number of nitrogens with one attached hydrogen (secondary N) is 1. The van der Waals surface area contributed by atoms with E-state index in [2.05, 4.69) is 15.0 Å². The van der Waals surface area contributed by atoms with Crippen molar-refractivity contribution in [2.75, 3.05) is 38.3 Å². The molecule has 0 bridgehead atoms. The molecule has 11 heteroatoms. The number of aryl methyl sites for hydroxylation is 2. The van der Waals surface area contributed by atoms with Crippen LogP contribution in [0, 0.1) is 6.92 Å². The van der Waals surface area contributed by atoms with Gasteiger partial charge in [0, 0.05) is 56.7 Å². The van der Waals surface area contributed by atoms with Crippen LogP contribution in [0.5, 0.6) is 0 Å². The van der Waals surface area contributed by atoms with Crippen LogP contribution in [0.25, 0.3) is 0 Å². The van der Waals surface area contributed by atoms with Gasteiger partial charge >= 0.3 is 12.2 Å². The molecule has 0 spiro atoms. The van der Waals surface area contributed by atoms with Gasteiger partial charge in [0.15, 0.2) is 5.82 Å². The number of urea groups is 1. The van der Waals surface area contributed by atoms with Crippen molar-refractivity contribution in [3.8, 4) is 0 Å². The zero-order chi connectivity index (χ0) is 26.0. The van der Waals surface area contributed by atoms with E-state index in [1.165, 1.54) is 13.0 Å². The van der Waals surface area contributed by atoms with E-state index in [1.807, 2.05) is 18.7 Å². The molecule has 0 unspecified atom stereocenters. The first-order valence-corrected chi connectivity index (χ1v) is 12.8. The van der Waals surface area contributed by atoms with Gasteiger partial charge in [-0.05, 0) is 38.7 Å². The molecule has 5 heterocycles. The second kappa shape index (κ2) is 10.7. The first kappa shape index (κ1) is 26.2. The number of halogens is 3. The third kappa shape index (κ3) is 4.89. The molecule has 0 aromatic carbocycles. The van der Waals surface area contributed by atoms with Crippen LogP contribution in [0.2, 0.25) is 0 Å². The van der Waals surface area contributed by atoms with Gasteiger partial charge in [0.05, 0.1) is 29.5 Å². The Labute approximate surface area is 209 Å². The highest BCUT2D eigenvalue weighted by molar-refractivity contribution is 5.75. The molecule has 3 aliphatic rings. The summed E-state index contributed by atoms with van der Waals surface area (Å²) in [6.07, 6.45) is -0.772. The van der Waals surface area contributed by atoms with Crippen LogP contribution >= 0.6 is 0 Å². The highest BCUT2D eigenvalue weighted by Crippen LogP contribution is 2.42. The molecule has 1 fully saturated rings. The third-order valence-electron chi connectivity index (χ3n) is 7.02. The van der Waals surface area contributed by atoms with Crippen LogP contribution in [-0.2, 0) is 30.3 Å². The van der Waals surface area contributed by atoms with Gasteiger partial charge in [0.1, 0.15) is 0 Å². The van der Waals surface area contributed by atoms with E-state index in [-0.39, 0.29) is 17.8 Å². The van der Waals surface area contributed by atoms with E-state index in [0.717, 1.165) is 30.5 Å². The average molecular weight is 509 g/mol. The second-order valence-electron chi connectivity index (χ2n) is 9.10. The number of carbonyl (C=O) groups is 1. The Bertz CT molecular complexity index is 1090. The van der Waals surface area contributed by atoms with Crippen LogP contribution in [0.1, 0.15) is 67.4 Å². The molecule has 3 aliphatic heterocycles. The molecular formula is C25H35F3N6O2. The molecule has 0 radical (unpaired) electrons. The van der Waals surface area contributed by atoms with Gasteiger partial charge in [-0.15, -0.1) is 0 Å². The maximum absolute atomic E-state index is 13.7. The molecule has 1 saturated heterocycles. The van der Waals surface area contributed by atoms with Crippen LogP contribution in [-0.4, -0.2) is 59.0 Å². The second-order valence-corrected chi connectivity index (χ2v) is 9.10. The summed E-state index contributed by atoms with van der Waals surface area (Å²) >= 11 is 0. The summed E-state index contributed by atoms with van der Waals surface area (Å²) in [5, 5.41) is 7.67. The van der Waals surface area contributed by atoms with Crippen LogP contribution in [0.3, 0.4) is 0 Å². The molecule has 198 valence electrons. The summed E-state index contributed by atoms with van der Waals surface area (Å²) in [5.74, 6) is 0.634. The minimum atomic E-state index is -4.48. The Balaban J connectivity index is 0.00000148. The smallest absolute Gasteiger partial charge is 0.381 e. The van der Waals surface area contributed by atoms with E-state index in [0.29, 0.717) is 62.9 Å². The third-order valence-corrected chi connectivity index (χ3v) is 7.02. The van der Waals surface area contributed by atoms with E-state index in [9.17, 15) is 18.0 Å². The number of aromatic nitrogens is 3. The van der Waals surface area contributed by atoms with E-state index in [1.54, 1.807) is 11.9 Å². The van der Waals surface area contributed by atoms with Gasteiger partial charge in [-0.1, -0.05) is 13.8 Å². The number of rotatable bonds is 2. The summed E-state index contributed by atoms with van der Waals surface area (Å²) < 4.78 is 48.7. The highest BCUT2D eigenvalue weighted by atomic mass is 19.4. The van der Waals surface area contributed by atoms with Gasteiger partial charge in [0.2, 0.25) is 0 Å². The van der Waals surface area contributed by atoms with Crippen molar-refractivity contribution in [2.45, 2.75) is 71.6 Å². The van der Waals surface area contributed by atoms with Crippen molar-refractivity contribution in [1.82, 2.24) is 25.0 Å². The van der Waals surface area contributed by atoms with Crippen LogP contribution in [0.4, 0.5) is 29.5 Å². The molecule has 0 saturated carbocycles. The number of alkyl halides is 3. The Morgan fingerprint density at radius 2 is 1.89 bits per heavy atom. The Kier molecular flexibility index (Phi) is 7.77. The first-order valence-electron chi connectivity index (χ1n) is 12.8. The number of carbonyl (C=O) groups excluding carboxylic acids is 1. The molecule has 36 heavy (non-hydrogen) atoms. The van der Waals surface area contributed by atoms with E-state index in [4.69, 9.17) is 9.84 Å². The molecule has 1 N–H and O–H groups in total. The largest absolute Gasteiger partial charge is 0.418 e. The topological polar surface area (TPSA) is 75.5 Å². The molecule has 2 aromatic heterocycles. The molecule has 0 atom stereocenters. The normalized spacial score (nSPS) is 18.2. The Morgan fingerprint density at radius 1 is 1.17 bits per heavy atom. The van der Waals surface area contributed by atoms with Gasteiger partial charge in [-0.3, -0.25) is 9.67 Å². The van der Waals surface area contributed by atoms with E-state index >= 15 is 0 Å². The lowest BCUT2D eigenvalue weighted by molar-refractivity contribution is -0.138. The summed E-state index contributed by atoms with van der Waals surface area (Å²) in [6, 6.07) is 1.22. The first-order chi connectivity index (χ1) is 17.3. The lowest BCUT2D eigenvalue weighted by Gasteiger charge is -2.33. The number of anilines is 2. The minimum absolute atomic E-state index is 0.00587. The SMILES string of the molecule is CC.CNC(=O)N1CCc2c(c(N3CCCc4nc(C)c(C(F)(F)F)cc43)nn2C2CCOCC2)C1. The standard InChI is InChI=1S/C23H29F3N6O2.C2H6/c1-14-17(23(24,25)26)12-20-18(28-14)4-3-8-31(20)21-16-13-30(22(33)27-2)9-5-19(16)32(29-21)15-6-10-34-11-7-15;1-2/h12,15H,3-11,13H2,1-2H3,(H,27,33);1-2H3. The predicted molar refractivity (Wildman–Crippen MR) is 131 cm³/mol. The molecule has 2 amide bonds. The summed E-state index contributed by atoms with van der Waals surface area (Å²) in [4.78, 5) is 20.3. The summed E-state index contributed by atoms with van der Waals surface area (Å²) in [7, 11) is 1.60. The summed E-state index contributed by atoms with van der Waals surface area (Å²) in [5.41, 5.74) is 2.36. The number of nitrogens with zero attached hydrogens (tertiary/aromatic N) is 5. The van der Waals surface area contributed by atoms with Gasteiger partial charge in [-0.2, -0.15) is 18.3 Å². The number of hydrogen-bond donors (Lipinski definition) is 1. The van der Waals surface area contributed by atoms with Crippen molar-refractivity contribution in [3.05, 3.63) is 34.3 Å². The van der Waals surface area contributed by atoms with E-state index < -0.39 is 11.7 Å². The fourth-order valence-corrected chi connectivity index (χ4v) is 5.30. The van der Waals surface area contributed by atoms with Crippen molar-refractivity contribution < 1.29 is 22.7 Å². The molecule has 5 rings (SSSR count). The fourth-order valence-electron chi connectivity index (χ4n) is 5.30. The summed E-state index contributed by atoms with van der Waals surface area (Å²) in [6.45, 7) is 8.20. The maximum Gasteiger partial charge on any atom is 0.418 e. The molecule has 0 aliphatic carbocycles. The zero-order valence-corrected chi connectivity index (χ0v) is 21.4. The lowest BCUT2D eigenvalue weighted by Crippen LogP contribution is -2.42. The quantitative estimate of drug-likeness (QED) is 0.633. The molecule has 2 aromatic rings. The van der Waals surface area contributed by atoms with Gasteiger partial charge in [0.25, 0.3) is 0 Å². The number of hydrogen-bond acceptors (Lipinski definition) is 5. The van der Waals surface area contributed by atoms with Gasteiger partial charge < -0.3 is 19.9 Å². The number of ether oxygens (including phenoxy) is 1. The van der Waals surface area contributed by atoms with Crippen molar-refractivity contribution in [2.24, 2.45) is 0 Å². The molecular weight excluding hydrogens is 473 g/mol. The zero-order valence-electron chi connectivity index (χ0n) is 21.4. The van der Waals surface area contributed by atoms with Crippen molar-refractivity contribution >= 4 is 17.5 Å². The van der Waals surface area contributed by atoms with Gasteiger partial charge in [-0.25, -0.2) is 4.79 Å². The van der Waals surface area contributed by atoms with Crippen molar-refractivity contribution in [3.63, 3.8) is 0 Å².